The van der Waals surface area contributed by atoms with E-state index in [2.05, 4.69) is 62.8 Å². The average Bonchev–Trinajstić information content (AvgIpc) is 3.48. The zero-order valence-corrected chi connectivity index (χ0v) is 18.5. The smallest absolute Gasteiger partial charge is 0.180 e. The number of imidazole rings is 1. The zero-order valence-electron chi connectivity index (χ0n) is 18.5. The maximum atomic E-state index is 5.44. The standard InChI is InChI=1S/C25H25N7O/c1-30-23-14-19(4-5-20(23)15-27-30)22-17-32-9-8-26-25(32)24(29-22)28-21-6-2-18(3-7-21)16-31-10-12-33-13-11-31/h2-9,14-15,17H,10-13,16H2,1H3,(H,28,29). The first-order chi connectivity index (χ1) is 16.2. The van der Waals surface area contributed by atoms with Crippen LogP contribution in [-0.2, 0) is 18.3 Å². The number of hydrogen-bond donors (Lipinski definition) is 1. The molecule has 0 bridgehead atoms. The van der Waals surface area contributed by atoms with Crippen molar-refractivity contribution in [2.24, 2.45) is 7.05 Å². The molecule has 1 aliphatic heterocycles. The number of nitrogens with zero attached hydrogens (tertiary/aromatic N) is 6. The Bertz CT molecular complexity index is 1410. The lowest BCUT2D eigenvalue weighted by molar-refractivity contribution is 0.0342. The monoisotopic (exact) mass is 439 g/mol. The molecule has 1 saturated heterocycles. The molecule has 2 aromatic carbocycles. The highest BCUT2D eigenvalue weighted by molar-refractivity contribution is 5.84. The molecule has 0 unspecified atom stereocenters. The SMILES string of the molecule is Cn1ncc2ccc(-c3cn4ccnc4c(Nc4ccc(CN5CCOCC5)cc4)n3)cc21. The molecule has 8 nitrogen and oxygen atoms in total. The fraction of sp³-hybridized carbons (Fsp3) is 0.240. The molecular formula is C25H25N7O. The van der Waals surface area contributed by atoms with Crippen molar-refractivity contribution in [1.29, 1.82) is 0 Å². The van der Waals surface area contributed by atoms with E-state index in [0.717, 1.165) is 72.2 Å². The van der Waals surface area contributed by atoms with Crippen LogP contribution in [0.4, 0.5) is 11.5 Å². The number of fused-ring (bicyclic) bond motifs is 2. The van der Waals surface area contributed by atoms with Crippen LogP contribution in [0.25, 0.3) is 27.8 Å². The summed E-state index contributed by atoms with van der Waals surface area (Å²) in [6.07, 6.45) is 7.62. The molecule has 0 amide bonds. The Kier molecular flexibility index (Phi) is 5.01. The molecule has 8 heteroatoms. The van der Waals surface area contributed by atoms with Crippen molar-refractivity contribution in [2.45, 2.75) is 6.54 Å². The van der Waals surface area contributed by atoms with Gasteiger partial charge in [0.2, 0.25) is 0 Å². The molecule has 166 valence electrons. The Balaban J connectivity index is 1.29. The number of nitrogens with one attached hydrogen (secondary N) is 1. The topological polar surface area (TPSA) is 72.5 Å². The van der Waals surface area contributed by atoms with Crippen molar-refractivity contribution >= 4 is 28.1 Å². The number of benzene rings is 2. The first kappa shape index (κ1) is 19.9. The highest BCUT2D eigenvalue weighted by atomic mass is 16.5. The summed E-state index contributed by atoms with van der Waals surface area (Å²) in [5.74, 6) is 0.725. The van der Waals surface area contributed by atoms with Crippen molar-refractivity contribution in [2.75, 3.05) is 31.6 Å². The van der Waals surface area contributed by atoms with Crippen molar-refractivity contribution in [3.05, 3.63) is 72.8 Å². The first-order valence-corrected chi connectivity index (χ1v) is 11.1. The second kappa shape index (κ2) is 8.31. The van der Waals surface area contributed by atoms with Gasteiger partial charge in [-0.2, -0.15) is 5.10 Å². The molecule has 0 saturated carbocycles. The van der Waals surface area contributed by atoms with E-state index in [1.807, 2.05) is 34.7 Å². The molecule has 33 heavy (non-hydrogen) atoms. The number of rotatable bonds is 5. The number of aryl methyl sites for hydroxylation is 1. The van der Waals surface area contributed by atoms with Crippen LogP contribution in [0.3, 0.4) is 0 Å². The minimum atomic E-state index is 0.725. The van der Waals surface area contributed by atoms with Crippen LogP contribution in [0.15, 0.2) is 67.3 Å². The van der Waals surface area contributed by atoms with Gasteiger partial charge in [-0.3, -0.25) is 9.58 Å². The summed E-state index contributed by atoms with van der Waals surface area (Å²) in [7, 11) is 1.95. The molecular weight excluding hydrogens is 414 g/mol. The Morgan fingerprint density at radius 2 is 1.91 bits per heavy atom. The van der Waals surface area contributed by atoms with Crippen LogP contribution in [0.2, 0.25) is 0 Å². The number of anilines is 2. The van der Waals surface area contributed by atoms with E-state index >= 15 is 0 Å². The fourth-order valence-corrected chi connectivity index (χ4v) is 4.31. The molecule has 0 atom stereocenters. The van der Waals surface area contributed by atoms with Gasteiger partial charge < -0.3 is 14.5 Å². The van der Waals surface area contributed by atoms with E-state index in [-0.39, 0.29) is 0 Å². The third kappa shape index (κ3) is 3.94. The van der Waals surface area contributed by atoms with Gasteiger partial charge in [0.1, 0.15) is 0 Å². The number of ether oxygens (including phenoxy) is 1. The molecule has 0 spiro atoms. The van der Waals surface area contributed by atoms with Gasteiger partial charge >= 0.3 is 0 Å². The quantitative estimate of drug-likeness (QED) is 0.448. The Morgan fingerprint density at radius 1 is 1.06 bits per heavy atom. The summed E-state index contributed by atoms with van der Waals surface area (Å²) in [4.78, 5) is 11.9. The summed E-state index contributed by atoms with van der Waals surface area (Å²) in [6.45, 7) is 4.54. The lowest BCUT2D eigenvalue weighted by Crippen LogP contribution is -2.35. The molecule has 1 aliphatic rings. The van der Waals surface area contributed by atoms with Crippen LogP contribution < -0.4 is 5.32 Å². The summed E-state index contributed by atoms with van der Waals surface area (Å²) >= 11 is 0. The lowest BCUT2D eigenvalue weighted by atomic mass is 10.1. The Labute approximate surface area is 191 Å². The maximum absolute atomic E-state index is 5.44. The minimum absolute atomic E-state index is 0.725. The van der Waals surface area contributed by atoms with Crippen molar-refractivity contribution in [3.63, 3.8) is 0 Å². The van der Waals surface area contributed by atoms with E-state index in [0.29, 0.717) is 0 Å². The summed E-state index contributed by atoms with van der Waals surface area (Å²) in [6, 6.07) is 14.8. The first-order valence-electron chi connectivity index (χ1n) is 11.1. The van der Waals surface area contributed by atoms with E-state index in [9.17, 15) is 0 Å². The van der Waals surface area contributed by atoms with Gasteiger partial charge in [0.15, 0.2) is 11.5 Å². The second-order valence-electron chi connectivity index (χ2n) is 8.39. The van der Waals surface area contributed by atoms with E-state index < -0.39 is 0 Å². The summed E-state index contributed by atoms with van der Waals surface area (Å²) in [5.41, 5.74) is 6.04. The Hall–Kier alpha value is -3.75. The highest BCUT2D eigenvalue weighted by Gasteiger charge is 2.13. The molecule has 5 aromatic rings. The molecule has 1 fully saturated rings. The molecule has 0 aliphatic carbocycles. The zero-order chi connectivity index (χ0) is 22.2. The Morgan fingerprint density at radius 3 is 2.76 bits per heavy atom. The van der Waals surface area contributed by atoms with E-state index in [4.69, 9.17) is 9.72 Å². The van der Waals surface area contributed by atoms with Gasteiger partial charge in [-0.15, -0.1) is 0 Å². The van der Waals surface area contributed by atoms with E-state index in [1.165, 1.54) is 5.56 Å². The lowest BCUT2D eigenvalue weighted by Gasteiger charge is -2.26. The molecule has 4 heterocycles. The van der Waals surface area contributed by atoms with Gasteiger partial charge in [0, 0.05) is 61.9 Å². The van der Waals surface area contributed by atoms with Gasteiger partial charge in [-0.25, -0.2) is 9.97 Å². The van der Waals surface area contributed by atoms with Gasteiger partial charge in [0.25, 0.3) is 0 Å². The van der Waals surface area contributed by atoms with Crippen LogP contribution in [0.1, 0.15) is 5.56 Å². The van der Waals surface area contributed by atoms with Crippen LogP contribution in [0.5, 0.6) is 0 Å². The van der Waals surface area contributed by atoms with Gasteiger partial charge in [-0.1, -0.05) is 24.3 Å². The third-order valence-electron chi connectivity index (χ3n) is 6.15. The van der Waals surface area contributed by atoms with Gasteiger partial charge in [-0.05, 0) is 23.8 Å². The molecule has 6 rings (SSSR count). The minimum Gasteiger partial charge on any atom is -0.379 e. The number of hydrogen-bond acceptors (Lipinski definition) is 6. The maximum Gasteiger partial charge on any atom is 0.180 e. The average molecular weight is 440 g/mol. The molecule has 3 aromatic heterocycles. The van der Waals surface area contributed by atoms with Crippen molar-refractivity contribution in [3.8, 4) is 11.3 Å². The molecule has 0 radical (unpaired) electrons. The second-order valence-corrected chi connectivity index (χ2v) is 8.39. The van der Waals surface area contributed by atoms with E-state index in [1.54, 1.807) is 6.20 Å². The predicted octanol–water partition coefficient (Wildman–Crippen LogP) is 3.86. The summed E-state index contributed by atoms with van der Waals surface area (Å²) in [5, 5.41) is 8.93. The van der Waals surface area contributed by atoms with Crippen LogP contribution >= 0.6 is 0 Å². The largest absolute Gasteiger partial charge is 0.379 e. The predicted molar refractivity (Wildman–Crippen MR) is 129 cm³/mol. The third-order valence-corrected chi connectivity index (χ3v) is 6.15. The van der Waals surface area contributed by atoms with Gasteiger partial charge in [0.05, 0.1) is 30.6 Å². The van der Waals surface area contributed by atoms with Crippen LogP contribution in [-0.4, -0.2) is 55.4 Å². The normalized spacial score (nSPS) is 14.8. The highest BCUT2D eigenvalue weighted by Crippen LogP contribution is 2.27. The molecule has 1 N–H and O–H groups in total. The fourth-order valence-electron chi connectivity index (χ4n) is 4.31. The number of aromatic nitrogens is 5. The van der Waals surface area contributed by atoms with Crippen molar-refractivity contribution < 1.29 is 4.74 Å². The number of morpholine rings is 1. The van der Waals surface area contributed by atoms with Crippen LogP contribution in [0, 0.1) is 0 Å². The van der Waals surface area contributed by atoms with Crippen molar-refractivity contribution in [1.82, 2.24) is 29.0 Å². The summed E-state index contributed by atoms with van der Waals surface area (Å²) < 4.78 is 9.33.